The number of hydrogen-bond acceptors (Lipinski definition) is 2. The van der Waals surface area contributed by atoms with Gasteiger partial charge in [-0.15, -0.1) is 0 Å². The summed E-state index contributed by atoms with van der Waals surface area (Å²) in [5.74, 6) is 0.587. The second-order valence-electron chi connectivity index (χ2n) is 7.77. The van der Waals surface area contributed by atoms with E-state index in [0.29, 0.717) is 38.3 Å². The number of amides is 1. The molecule has 1 amide bonds. The first-order chi connectivity index (χ1) is 12.7. The fourth-order valence-electron chi connectivity index (χ4n) is 4.57. The van der Waals surface area contributed by atoms with Gasteiger partial charge in [0.2, 0.25) is 5.91 Å². The Morgan fingerprint density at radius 3 is 2.50 bits per heavy atom. The molecular weight excluding hydrogens is 322 g/mol. The van der Waals surface area contributed by atoms with Gasteiger partial charge in [0.1, 0.15) is 0 Å². The van der Waals surface area contributed by atoms with Crippen molar-refractivity contribution < 1.29 is 9.90 Å². The highest BCUT2D eigenvalue weighted by atomic mass is 16.3. The van der Waals surface area contributed by atoms with Crippen LogP contribution >= 0.6 is 0 Å². The molecular formula is C23H27NO2. The molecule has 1 aliphatic carbocycles. The number of likely N-dealkylation sites (tertiary alicyclic amines) is 1. The number of aryl methyl sites for hydroxylation is 1. The van der Waals surface area contributed by atoms with Crippen molar-refractivity contribution in [2.24, 2.45) is 0 Å². The highest BCUT2D eigenvalue weighted by molar-refractivity contribution is 5.77. The van der Waals surface area contributed by atoms with E-state index in [1.165, 1.54) is 17.5 Å². The first kappa shape index (κ1) is 17.3. The van der Waals surface area contributed by atoms with Gasteiger partial charge in [0.25, 0.3) is 0 Å². The third kappa shape index (κ3) is 3.41. The number of hydrogen-bond donors (Lipinski definition) is 1. The van der Waals surface area contributed by atoms with Gasteiger partial charge >= 0.3 is 0 Å². The lowest BCUT2D eigenvalue weighted by Crippen LogP contribution is -2.45. The van der Waals surface area contributed by atoms with Crippen LogP contribution < -0.4 is 0 Å². The van der Waals surface area contributed by atoms with Crippen LogP contribution in [0.2, 0.25) is 0 Å². The summed E-state index contributed by atoms with van der Waals surface area (Å²) >= 11 is 0. The van der Waals surface area contributed by atoms with Crippen molar-refractivity contribution in [2.45, 2.75) is 50.0 Å². The number of aliphatic hydroxyl groups is 1. The lowest BCUT2D eigenvalue weighted by molar-refractivity contribution is -0.136. The van der Waals surface area contributed by atoms with Gasteiger partial charge in [0, 0.05) is 19.5 Å². The smallest absolute Gasteiger partial charge is 0.223 e. The number of carbonyl (C=O) groups excluding carboxylic acids is 1. The van der Waals surface area contributed by atoms with Gasteiger partial charge < -0.3 is 10.0 Å². The SMILES string of the molecule is O=C(C[C@H]1CCCc2ccccc21)N1CCC(O)(c2ccccc2)CC1. The summed E-state index contributed by atoms with van der Waals surface area (Å²) in [6.45, 7) is 1.27. The Morgan fingerprint density at radius 1 is 1.04 bits per heavy atom. The van der Waals surface area contributed by atoms with E-state index in [0.717, 1.165) is 18.4 Å². The lowest BCUT2D eigenvalue weighted by Gasteiger charge is -2.39. The molecule has 4 rings (SSSR count). The second-order valence-corrected chi connectivity index (χ2v) is 7.77. The summed E-state index contributed by atoms with van der Waals surface area (Å²) in [4.78, 5) is 14.8. The monoisotopic (exact) mass is 349 g/mol. The number of piperidine rings is 1. The van der Waals surface area contributed by atoms with Crippen molar-refractivity contribution in [3.05, 3.63) is 71.3 Å². The number of benzene rings is 2. The Morgan fingerprint density at radius 2 is 1.73 bits per heavy atom. The van der Waals surface area contributed by atoms with Crippen molar-refractivity contribution in [3.8, 4) is 0 Å². The quantitative estimate of drug-likeness (QED) is 0.910. The number of rotatable bonds is 3. The molecule has 3 nitrogen and oxygen atoms in total. The lowest BCUT2D eigenvalue weighted by atomic mass is 9.80. The van der Waals surface area contributed by atoms with Crippen molar-refractivity contribution >= 4 is 5.91 Å². The standard InChI is InChI=1S/C23H27NO2/c25-22(17-19-9-6-8-18-7-4-5-12-21(18)19)24-15-13-23(26,14-16-24)20-10-2-1-3-11-20/h1-5,7,10-12,19,26H,6,8-9,13-17H2/t19-/m1/s1. The Hall–Kier alpha value is -2.13. The Labute approximate surface area is 155 Å². The van der Waals surface area contributed by atoms with Gasteiger partial charge in [-0.3, -0.25) is 4.79 Å². The number of fused-ring (bicyclic) bond motifs is 1. The van der Waals surface area contributed by atoms with Gasteiger partial charge in [-0.05, 0) is 54.7 Å². The normalized spacial score (nSPS) is 21.9. The van der Waals surface area contributed by atoms with Gasteiger partial charge in [0.15, 0.2) is 0 Å². The van der Waals surface area contributed by atoms with Crippen LogP contribution in [0.25, 0.3) is 0 Å². The molecule has 2 aliphatic rings. The molecule has 26 heavy (non-hydrogen) atoms. The molecule has 3 heteroatoms. The minimum Gasteiger partial charge on any atom is -0.385 e. The van der Waals surface area contributed by atoms with Crippen LogP contribution in [0, 0.1) is 0 Å². The highest BCUT2D eigenvalue weighted by Gasteiger charge is 2.36. The average molecular weight is 349 g/mol. The zero-order valence-corrected chi connectivity index (χ0v) is 15.2. The molecule has 0 unspecified atom stereocenters. The van der Waals surface area contributed by atoms with E-state index in [1.54, 1.807) is 0 Å². The molecule has 1 heterocycles. The fraction of sp³-hybridized carbons (Fsp3) is 0.435. The first-order valence-electron chi connectivity index (χ1n) is 9.79. The molecule has 1 N–H and O–H groups in total. The Bertz CT molecular complexity index is 763. The van der Waals surface area contributed by atoms with Crippen molar-refractivity contribution in [3.63, 3.8) is 0 Å². The first-order valence-corrected chi connectivity index (χ1v) is 9.79. The Kier molecular flexibility index (Phi) is 4.82. The summed E-state index contributed by atoms with van der Waals surface area (Å²) in [6.07, 6.45) is 5.23. The molecule has 1 saturated heterocycles. The maximum Gasteiger partial charge on any atom is 0.223 e. The van der Waals surface area contributed by atoms with Crippen molar-refractivity contribution in [2.75, 3.05) is 13.1 Å². The zero-order valence-electron chi connectivity index (χ0n) is 15.2. The predicted octanol–water partition coefficient (Wildman–Crippen LogP) is 4.01. The topological polar surface area (TPSA) is 40.5 Å². The molecule has 2 aromatic carbocycles. The largest absolute Gasteiger partial charge is 0.385 e. The molecule has 1 aliphatic heterocycles. The van der Waals surface area contributed by atoms with E-state index in [2.05, 4.69) is 24.3 Å². The molecule has 0 saturated carbocycles. The average Bonchev–Trinajstić information content (AvgIpc) is 2.69. The molecule has 0 aromatic heterocycles. The minimum atomic E-state index is -0.796. The minimum absolute atomic E-state index is 0.238. The van der Waals surface area contributed by atoms with Crippen LogP contribution in [0.5, 0.6) is 0 Å². The van der Waals surface area contributed by atoms with E-state index in [-0.39, 0.29) is 5.91 Å². The summed E-state index contributed by atoms with van der Waals surface area (Å²) in [5.41, 5.74) is 2.95. The summed E-state index contributed by atoms with van der Waals surface area (Å²) in [5, 5.41) is 11.0. The van der Waals surface area contributed by atoms with Gasteiger partial charge in [-0.2, -0.15) is 0 Å². The molecule has 0 bridgehead atoms. The van der Waals surface area contributed by atoms with Gasteiger partial charge in [-0.1, -0.05) is 54.6 Å². The number of nitrogens with zero attached hydrogens (tertiary/aromatic N) is 1. The van der Waals surface area contributed by atoms with Crippen LogP contribution in [-0.4, -0.2) is 29.0 Å². The molecule has 1 fully saturated rings. The second kappa shape index (κ2) is 7.24. The van der Waals surface area contributed by atoms with Crippen LogP contribution in [0.1, 0.15) is 54.7 Å². The molecule has 0 radical (unpaired) electrons. The van der Waals surface area contributed by atoms with E-state index < -0.39 is 5.60 Å². The van der Waals surface area contributed by atoms with Gasteiger partial charge in [0.05, 0.1) is 5.60 Å². The molecule has 1 atom stereocenters. The van der Waals surface area contributed by atoms with Crippen LogP contribution in [-0.2, 0) is 16.8 Å². The third-order valence-electron chi connectivity index (χ3n) is 6.17. The fourth-order valence-corrected chi connectivity index (χ4v) is 4.57. The van der Waals surface area contributed by atoms with Crippen molar-refractivity contribution in [1.82, 2.24) is 4.90 Å². The van der Waals surface area contributed by atoms with Crippen LogP contribution in [0.15, 0.2) is 54.6 Å². The van der Waals surface area contributed by atoms with Crippen LogP contribution in [0.4, 0.5) is 0 Å². The summed E-state index contributed by atoms with van der Waals surface area (Å²) in [7, 11) is 0. The molecule has 136 valence electrons. The maximum absolute atomic E-state index is 12.9. The van der Waals surface area contributed by atoms with E-state index in [1.807, 2.05) is 35.2 Å². The molecule has 0 spiro atoms. The van der Waals surface area contributed by atoms with Crippen LogP contribution in [0.3, 0.4) is 0 Å². The number of carbonyl (C=O) groups is 1. The van der Waals surface area contributed by atoms with E-state index >= 15 is 0 Å². The molecule has 2 aromatic rings. The van der Waals surface area contributed by atoms with Crippen molar-refractivity contribution in [1.29, 1.82) is 0 Å². The predicted molar refractivity (Wildman–Crippen MR) is 103 cm³/mol. The van der Waals surface area contributed by atoms with E-state index in [9.17, 15) is 9.90 Å². The highest BCUT2D eigenvalue weighted by Crippen LogP contribution is 2.36. The summed E-state index contributed by atoms with van der Waals surface area (Å²) < 4.78 is 0. The zero-order chi connectivity index (χ0) is 18.0. The van der Waals surface area contributed by atoms with Gasteiger partial charge in [-0.25, -0.2) is 0 Å². The third-order valence-corrected chi connectivity index (χ3v) is 6.17. The maximum atomic E-state index is 12.9. The van der Waals surface area contributed by atoms with E-state index in [4.69, 9.17) is 0 Å². The Balaban J connectivity index is 1.39. The summed E-state index contributed by atoms with van der Waals surface area (Å²) in [6, 6.07) is 18.4.